The number of amides is 1. The molecule has 6 aromatic rings. The number of thiocarbonyl (C=S) groups is 1. The van der Waals surface area contributed by atoms with Crippen molar-refractivity contribution < 1.29 is 9.21 Å². The summed E-state index contributed by atoms with van der Waals surface area (Å²) in [6.07, 6.45) is 0. The molecule has 0 aliphatic rings. The third-order valence-corrected chi connectivity index (χ3v) is 6.52. The maximum atomic E-state index is 12.9. The van der Waals surface area contributed by atoms with Crippen LogP contribution in [0.25, 0.3) is 44.1 Å². The monoisotopic (exact) mass is 507 g/mol. The van der Waals surface area contributed by atoms with Crippen molar-refractivity contribution in [1.29, 1.82) is 0 Å². The molecular weight excluding hydrogens is 490 g/mol. The van der Waals surface area contributed by atoms with Gasteiger partial charge >= 0.3 is 0 Å². The number of nitrogens with one attached hydrogen (secondary N) is 2. The number of nitrogens with zero attached hydrogens (tertiary/aromatic N) is 1. The van der Waals surface area contributed by atoms with Gasteiger partial charge in [-0.1, -0.05) is 66.2 Å². The SMILES string of the molecule is O=C(NC(=S)Nc1ccc2oc(-c3ccc4ccccc4c3)nc2c1)c1cccc2c(Cl)cccc12. The number of hydrogen-bond acceptors (Lipinski definition) is 4. The molecule has 0 saturated carbocycles. The fraction of sp³-hybridized carbons (Fsp3) is 0. The molecule has 5 aromatic carbocycles. The molecule has 0 fully saturated rings. The molecule has 0 spiro atoms. The molecule has 0 aliphatic carbocycles. The maximum Gasteiger partial charge on any atom is 0.258 e. The summed E-state index contributed by atoms with van der Waals surface area (Å²) in [6, 6.07) is 30.6. The van der Waals surface area contributed by atoms with Crippen LogP contribution in [0.4, 0.5) is 5.69 Å². The summed E-state index contributed by atoms with van der Waals surface area (Å²) in [6.45, 7) is 0. The van der Waals surface area contributed by atoms with Crippen LogP contribution >= 0.6 is 23.8 Å². The molecule has 2 N–H and O–H groups in total. The van der Waals surface area contributed by atoms with E-state index in [0.717, 1.165) is 27.1 Å². The van der Waals surface area contributed by atoms with E-state index in [1.807, 2.05) is 54.6 Å². The lowest BCUT2D eigenvalue weighted by Gasteiger charge is -2.11. The minimum absolute atomic E-state index is 0.177. The standard InChI is InChI=1S/C29H18ClN3O2S/c30-24-10-4-7-21-22(24)8-3-9-23(21)27(34)33-29(36)31-20-13-14-26-25(16-20)32-28(35-26)19-12-11-17-5-1-2-6-18(17)15-19/h1-16H,(H2,31,33,34,36). The summed E-state index contributed by atoms with van der Waals surface area (Å²) < 4.78 is 5.98. The number of fused-ring (bicyclic) bond motifs is 3. The zero-order valence-electron chi connectivity index (χ0n) is 18.8. The van der Waals surface area contributed by atoms with Gasteiger partial charge in [0.2, 0.25) is 5.89 Å². The van der Waals surface area contributed by atoms with Crippen LogP contribution in [-0.2, 0) is 0 Å². The Bertz CT molecular complexity index is 1810. The van der Waals surface area contributed by atoms with Gasteiger partial charge in [-0.3, -0.25) is 10.1 Å². The van der Waals surface area contributed by atoms with Gasteiger partial charge in [-0.15, -0.1) is 0 Å². The number of oxazole rings is 1. The first-order chi connectivity index (χ1) is 17.5. The molecule has 0 aliphatic heterocycles. The van der Waals surface area contributed by atoms with E-state index < -0.39 is 0 Å². The smallest absolute Gasteiger partial charge is 0.258 e. The van der Waals surface area contributed by atoms with E-state index in [0.29, 0.717) is 33.3 Å². The van der Waals surface area contributed by atoms with Gasteiger partial charge < -0.3 is 9.73 Å². The molecule has 6 rings (SSSR count). The molecule has 1 amide bonds. The van der Waals surface area contributed by atoms with Gasteiger partial charge in [0, 0.05) is 27.2 Å². The normalized spacial score (nSPS) is 11.1. The minimum atomic E-state index is -0.318. The molecule has 0 bridgehead atoms. The average molecular weight is 508 g/mol. The van der Waals surface area contributed by atoms with Crippen LogP contribution in [0.5, 0.6) is 0 Å². The highest BCUT2D eigenvalue weighted by Crippen LogP contribution is 2.29. The van der Waals surface area contributed by atoms with Crippen LogP contribution in [0, 0.1) is 0 Å². The fourth-order valence-electron chi connectivity index (χ4n) is 4.25. The van der Waals surface area contributed by atoms with Crippen molar-refractivity contribution in [2.45, 2.75) is 0 Å². The van der Waals surface area contributed by atoms with E-state index in [2.05, 4.69) is 39.9 Å². The molecule has 1 aromatic heterocycles. The van der Waals surface area contributed by atoms with E-state index in [1.165, 1.54) is 0 Å². The average Bonchev–Trinajstić information content (AvgIpc) is 3.32. The van der Waals surface area contributed by atoms with Gasteiger partial charge in [-0.25, -0.2) is 4.98 Å². The zero-order chi connectivity index (χ0) is 24.6. The van der Waals surface area contributed by atoms with Crippen LogP contribution < -0.4 is 10.6 Å². The van der Waals surface area contributed by atoms with Crippen molar-refractivity contribution in [2.24, 2.45) is 0 Å². The van der Waals surface area contributed by atoms with Crippen molar-refractivity contribution >= 4 is 73.2 Å². The summed E-state index contributed by atoms with van der Waals surface area (Å²) in [4.78, 5) is 17.6. The Morgan fingerprint density at radius 1 is 0.833 bits per heavy atom. The number of hydrogen-bond donors (Lipinski definition) is 2. The Labute approximate surface area is 216 Å². The van der Waals surface area contributed by atoms with Crippen molar-refractivity contribution in [3.63, 3.8) is 0 Å². The van der Waals surface area contributed by atoms with E-state index in [-0.39, 0.29) is 11.0 Å². The number of benzene rings is 5. The van der Waals surface area contributed by atoms with Crippen molar-refractivity contribution in [1.82, 2.24) is 10.3 Å². The molecule has 0 unspecified atom stereocenters. The van der Waals surface area contributed by atoms with Gasteiger partial charge in [0.25, 0.3) is 5.91 Å². The predicted molar refractivity (Wildman–Crippen MR) is 150 cm³/mol. The first-order valence-corrected chi connectivity index (χ1v) is 12.0. The highest BCUT2D eigenvalue weighted by atomic mass is 35.5. The lowest BCUT2D eigenvalue weighted by Crippen LogP contribution is -2.34. The second-order valence-corrected chi connectivity index (χ2v) is 9.13. The Kier molecular flexibility index (Phi) is 5.60. The predicted octanol–water partition coefficient (Wildman–Crippen LogP) is 7.58. The van der Waals surface area contributed by atoms with Crippen molar-refractivity contribution in [2.75, 3.05) is 5.32 Å². The molecule has 0 radical (unpaired) electrons. The van der Waals surface area contributed by atoms with Gasteiger partial charge in [-0.2, -0.15) is 0 Å². The first kappa shape index (κ1) is 22.2. The summed E-state index contributed by atoms with van der Waals surface area (Å²) >= 11 is 11.7. The van der Waals surface area contributed by atoms with Crippen LogP contribution in [0.3, 0.4) is 0 Å². The third-order valence-electron chi connectivity index (χ3n) is 5.98. The highest BCUT2D eigenvalue weighted by molar-refractivity contribution is 7.80. The third kappa shape index (κ3) is 4.17. The van der Waals surface area contributed by atoms with Crippen LogP contribution in [-0.4, -0.2) is 16.0 Å². The minimum Gasteiger partial charge on any atom is -0.436 e. The molecule has 174 valence electrons. The van der Waals surface area contributed by atoms with Gasteiger partial charge in [0.15, 0.2) is 10.7 Å². The topological polar surface area (TPSA) is 67.2 Å². The summed E-state index contributed by atoms with van der Waals surface area (Å²) in [5.41, 5.74) is 3.42. The molecule has 36 heavy (non-hydrogen) atoms. The molecule has 0 atom stereocenters. The fourth-order valence-corrected chi connectivity index (χ4v) is 4.70. The number of halogens is 1. The lowest BCUT2D eigenvalue weighted by molar-refractivity contribution is 0.0979. The molecule has 0 saturated heterocycles. The largest absolute Gasteiger partial charge is 0.436 e. The highest BCUT2D eigenvalue weighted by Gasteiger charge is 2.14. The second-order valence-electron chi connectivity index (χ2n) is 8.31. The number of carbonyl (C=O) groups excluding carboxylic acids is 1. The van der Waals surface area contributed by atoms with Crippen LogP contribution in [0.1, 0.15) is 10.4 Å². The number of anilines is 1. The Hall–Kier alpha value is -4.26. The van der Waals surface area contributed by atoms with E-state index >= 15 is 0 Å². The van der Waals surface area contributed by atoms with Crippen LogP contribution in [0.15, 0.2) is 101 Å². The number of aromatic nitrogens is 1. The Balaban J connectivity index is 1.21. The summed E-state index contributed by atoms with van der Waals surface area (Å²) in [5.74, 6) is 0.222. The first-order valence-electron chi connectivity index (χ1n) is 11.2. The van der Waals surface area contributed by atoms with E-state index in [9.17, 15) is 4.79 Å². The molecule has 1 heterocycles. The summed E-state index contributed by atoms with van der Waals surface area (Å²) in [5, 5.41) is 10.4. The van der Waals surface area contributed by atoms with Crippen molar-refractivity contribution in [3.05, 3.63) is 108 Å². The van der Waals surface area contributed by atoms with E-state index in [1.54, 1.807) is 18.2 Å². The van der Waals surface area contributed by atoms with Crippen LogP contribution in [0.2, 0.25) is 5.02 Å². The van der Waals surface area contributed by atoms with Crippen molar-refractivity contribution in [3.8, 4) is 11.5 Å². The lowest BCUT2D eigenvalue weighted by atomic mass is 10.0. The number of rotatable bonds is 3. The Morgan fingerprint density at radius 2 is 1.64 bits per heavy atom. The molecular formula is C29H18ClN3O2S. The van der Waals surface area contributed by atoms with Gasteiger partial charge in [0.1, 0.15) is 5.52 Å². The summed E-state index contributed by atoms with van der Waals surface area (Å²) in [7, 11) is 0. The second kappa shape index (κ2) is 9.07. The van der Waals surface area contributed by atoms with E-state index in [4.69, 9.17) is 28.2 Å². The number of carbonyl (C=O) groups is 1. The Morgan fingerprint density at radius 3 is 2.53 bits per heavy atom. The zero-order valence-corrected chi connectivity index (χ0v) is 20.4. The molecule has 7 heteroatoms. The van der Waals surface area contributed by atoms with Gasteiger partial charge in [0.05, 0.1) is 0 Å². The quantitative estimate of drug-likeness (QED) is 0.242. The molecule has 5 nitrogen and oxygen atoms in total. The maximum absolute atomic E-state index is 12.9. The van der Waals surface area contributed by atoms with Gasteiger partial charge in [-0.05, 0) is 70.8 Å².